The van der Waals surface area contributed by atoms with Gasteiger partial charge in [0.25, 0.3) is 0 Å². The summed E-state index contributed by atoms with van der Waals surface area (Å²) in [4.78, 5) is 3.00. The molecule has 1 aliphatic rings. The summed E-state index contributed by atoms with van der Waals surface area (Å²) in [5.74, 6) is 0. The van der Waals surface area contributed by atoms with Crippen molar-refractivity contribution in [3.05, 3.63) is 29.8 Å². The summed E-state index contributed by atoms with van der Waals surface area (Å²) >= 11 is 1.59. The van der Waals surface area contributed by atoms with Gasteiger partial charge in [0.15, 0.2) is 0 Å². The Labute approximate surface area is 133 Å². The summed E-state index contributed by atoms with van der Waals surface area (Å²) in [6.45, 7) is 2.81. The molecule has 1 saturated heterocycles. The van der Waals surface area contributed by atoms with Crippen LogP contribution in [0.5, 0.6) is 0 Å². The predicted octanol–water partition coefficient (Wildman–Crippen LogP) is 3.73. The number of hydrogen-bond donors (Lipinski definition) is 1. The summed E-state index contributed by atoms with van der Waals surface area (Å²) in [7, 11) is 0. The van der Waals surface area contributed by atoms with Crippen molar-refractivity contribution < 1.29 is 13.2 Å². The highest BCUT2D eigenvalue weighted by atomic mass is 35.5. The predicted molar refractivity (Wildman–Crippen MR) is 83.3 cm³/mol. The number of hydrogen-bond acceptors (Lipinski definition) is 3. The van der Waals surface area contributed by atoms with Gasteiger partial charge in [0.2, 0.25) is 0 Å². The maximum absolute atomic E-state index is 12.8. The second kappa shape index (κ2) is 8.27. The van der Waals surface area contributed by atoms with Crippen molar-refractivity contribution in [2.45, 2.75) is 23.5 Å². The van der Waals surface area contributed by atoms with E-state index in [0.717, 1.165) is 23.5 Å². The van der Waals surface area contributed by atoms with Gasteiger partial charge in [-0.2, -0.15) is 13.2 Å². The molecule has 1 N–H and O–H groups in total. The Morgan fingerprint density at radius 2 is 1.76 bits per heavy atom. The number of nitrogens with zero attached hydrogens (tertiary/aromatic N) is 1. The fraction of sp³-hybridized carbons (Fsp3) is 0.571. The van der Waals surface area contributed by atoms with Crippen molar-refractivity contribution in [2.75, 3.05) is 32.4 Å². The topological polar surface area (TPSA) is 15.3 Å². The standard InChI is InChI=1S/C14H19F3N2S.ClH/c1-20-12-4-2-11(3-5-12)13(10-14(15,16)17)19-8-6-18-7-9-19;/h2-5,13,18H,6-10H2,1H3;1H/t13-;/m0./s1. The number of halogens is 4. The SMILES string of the molecule is CSc1ccc([C@H](CC(F)(F)F)N2CCNCC2)cc1.Cl. The Morgan fingerprint density at radius 1 is 1.19 bits per heavy atom. The van der Waals surface area contributed by atoms with Crippen molar-refractivity contribution in [2.24, 2.45) is 0 Å². The van der Waals surface area contributed by atoms with Crippen molar-refractivity contribution in [3.63, 3.8) is 0 Å². The van der Waals surface area contributed by atoms with Gasteiger partial charge in [-0.1, -0.05) is 12.1 Å². The highest BCUT2D eigenvalue weighted by Gasteiger charge is 2.35. The van der Waals surface area contributed by atoms with E-state index >= 15 is 0 Å². The van der Waals surface area contributed by atoms with Gasteiger partial charge in [-0.3, -0.25) is 4.90 Å². The zero-order valence-electron chi connectivity index (χ0n) is 11.8. The third-order valence-corrected chi connectivity index (χ3v) is 4.26. The van der Waals surface area contributed by atoms with Gasteiger partial charge in [-0.25, -0.2) is 0 Å². The molecule has 1 fully saturated rings. The fourth-order valence-electron chi connectivity index (χ4n) is 2.50. The largest absolute Gasteiger partial charge is 0.390 e. The van der Waals surface area contributed by atoms with Crippen LogP contribution in [0, 0.1) is 0 Å². The molecule has 2 rings (SSSR count). The lowest BCUT2D eigenvalue weighted by Crippen LogP contribution is -2.46. The maximum Gasteiger partial charge on any atom is 0.390 e. The maximum atomic E-state index is 12.8. The first-order valence-electron chi connectivity index (χ1n) is 6.65. The third kappa shape index (κ3) is 5.70. The third-order valence-electron chi connectivity index (χ3n) is 3.52. The Balaban J connectivity index is 0.00000220. The molecule has 1 aromatic rings. The van der Waals surface area contributed by atoms with Crippen LogP contribution in [0.4, 0.5) is 13.2 Å². The van der Waals surface area contributed by atoms with Crippen molar-refractivity contribution >= 4 is 24.2 Å². The molecule has 1 aliphatic heterocycles. The average molecular weight is 341 g/mol. The number of benzene rings is 1. The number of nitrogens with one attached hydrogen (secondary N) is 1. The van der Waals surface area contributed by atoms with Gasteiger partial charge in [0.1, 0.15) is 0 Å². The summed E-state index contributed by atoms with van der Waals surface area (Å²) < 4.78 is 38.5. The molecular weight excluding hydrogens is 321 g/mol. The summed E-state index contributed by atoms with van der Waals surface area (Å²) in [5, 5.41) is 3.18. The van der Waals surface area contributed by atoms with E-state index in [0.29, 0.717) is 13.1 Å². The van der Waals surface area contributed by atoms with Gasteiger partial charge < -0.3 is 5.32 Å². The Morgan fingerprint density at radius 3 is 2.24 bits per heavy atom. The highest BCUT2D eigenvalue weighted by Crippen LogP contribution is 2.34. The lowest BCUT2D eigenvalue weighted by molar-refractivity contribution is -0.148. The molecule has 1 atom stereocenters. The Bertz CT molecular complexity index is 419. The second-order valence-corrected chi connectivity index (χ2v) is 5.77. The quantitative estimate of drug-likeness (QED) is 0.841. The number of piperazine rings is 1. The van der Waals surface area contributed by atoms with Crippen molar-refractivity contribution in [3.8, 4) is 0 Å². The van der Waals surface area contributed by atoms with Crippen LogP contribution in [0.2, 0.25) is 0 Å². The monoisotopic (exact) mass is 340 g/mol. The molecule has 1 aromatic carbocycles. The van der Waals surface area contributed by atoms with Crippen LogP contribution < -0.4 is 5.32 Å². The van der Waals surface area contributed by atoms with E-state index in [1.807, 2.05) is 35.4 Å². The van der Waals surface area contributed by atoms with E-state index in [-0.39, 0.29) is 12.4 Å². The molecular formula is C14H20ClF3N2S. The molecule has 7 heteroatoms. The second-order valence-electron chi connectivity index (χ2n) is 4.89. The lowest BCUT2D eigenvalue weighted by Gasteiger charge is -2.35. The molecule has 0 aromatic heterocycles. The molecule has 0 saturated carbocycles. The molecule has 120 valence electrons. The van der Waals surface area contributed by atoms with E-state index < -0.39 is 18.6 Å². The summed E-state index contributed by atoms with van der Waals surface area (Å²) in [5.41, 5.74) is 0.752. The average Bonchev–Trinajstić information content (AvgIpc) is 2.45. The first kappa shape index (κ1) is 18.6. The molecule has 0 unspecified atom stereocenters. The number of rotatable bonds is 4. The molecule has 21 heavy (non-hydrogen) atoms. The van der Waals surface area contributed by atoms with E-state index in [9.17, 15) is 13.2 Å². The van der Waals surface area contributed by atoms with E-state index in [1.165, 1.54) is 0 Å². The highest BCUT2D eigenvalue weighted by molar-refractivity contribution is 7.98. The fourth-order valence-corrected chi connectivity index (χ4v) is 2.91. The lowest BCUT2D eigenvalue weighted by atomic mass is 10.0. The summed E-state index contributed by atoms with van der Waals surface area (Å²) in [6, 6.07) is 6.86. The normalized spacial score (nSPS) is 18.1. The van der Waals surface area contributed by atoms with E-state index in [2.05, 4.69) is 5.32 Å². The molecule has 0 spiro atoms. The van der Waals surface area contributed by atoms with E-state index in [4.69, 9.17) is 0 Å². The van der Waals surface area contributed by atoms with E-state index in [1.54, 1.807) is 11.8 Å². The molecule has 0 amide bonds. The Kier molecular flexibility index (Phi) is 7.33. The van der Waals surface area contributed by atoms with Gasteiger partial charge in [0.05, 0.1) is 6.42 Å². The van der Waals surface area contributed by atoms with Gasteiger partial charge in [-0.05, 0) is 24.0 Å². The number of thioether (sulfide) groups is 1. The summed E-state index contributed by atoms with van der Waals surface area (Å²) in [6.07, 6.45) is -2.97. The zero-order valence-corrected chi connectivity index (χ0v) is 13.5. The minimum atomic E-state index is -4.15. The first-order chi connectivity index (χ1) is 9.49. The van der Waals surface area contributed by atoms with Gasteiger partial charge in [0, 0.05) is 37.1 Å². The van der Waals surface area contributed by atoms with Gasteiger partial charge in [-0.15, -0.1) is 24.2 Å². The van der Waals surface area contributed by atoms with Crippen LogP contribution in [0.25, 0.3) is 0 Å². The smallest absolute Gasteiger partial charge is 0.314 e. The van der Waals surface area contributed by atoms with Crippen LogP contribution in [0.15, 0.2) is 29.2 Å². The zero-order chi connectivity index (χ0) is 14.6. The minimum absolute atomic E-state index is 0. The molecule has 0 bridgehead atoms. The van der Waals surface area contributed by atoms with Crippen molar-refractivity contribution in [1.82, 2.24) is 10.2 Å². The minimum Gasteiger partial charge on any atom is -0.314 e. The van der Waals surface area contributed by atoms with Crippen LogP contribution in [0.1, 0.15) is 18.0 Å². The van der Waals surface area contributed by atoms with Crippen LogP contribution >= 0.6 is 24.2 Å². The van der Waals surface area contributed by atoms with Crippen LogP contribution in [-0.4, -0.2) is 43.5 Å². The molecule has 0 aliphatic carbocycles. The number of alkyl halides is 3. The van der Waals surface area contributed by atoms with Crippen molar-refractivity contribution in [1.29, 1.82) is 0 Å². The first-order valence-corrected chi connectivity index (χ1v) is 7.87. The molecule has 2 nitrogen and oxygen atoms in total. The Hall–Kier alpha value is -0.430. The van der Waals surface area contributed by atoms with Gasteiger partial charge >= 0.3 is 6.18 Å². The molecule has 1 heterocycles. The van der Waals surface area contributed by atoms with Crippen LogP contribution in [0.3, 0.4) is 0 Å². The molecule has 0 radical (unpaired) electrons. The van der Waals surface area contributed by atoms with Crippen LogP contribution in [-0.2, 0) is 0 Å².